The van der Waals surface area contributed by atoms with Gasteiger partial charge in [0.15, 0.2) is 0 Å². The molecule has 2 N–H and O–H groups in total. The molecule has 2 atom stereocenters. The Kier molecular flexibility index (Phi) is 4.92. The first kappa shape index (κ1) is 17.7. The summed E-state index contributed by atoms with van der Waals surface area (Å²) in [5, 5.41) is 6.01. The molecule has 1 aliphatic heterocycles. The molecule has 1 aliphatic carbocycles. The molecule has 0 aromatic heterocycles. The summed E-state index contributed by atoms with van der Waals surface area (Å²) in [7, 11) is 0. The summed E-state index contributed by atoms with van der Waals surface area (Å²) in [6, 6.07) is 13.7. The van der Waals surface area contributed by atoms with Gasteiger partial charge in [0.1, 0.15) is 5.82 Å². The predicted octanol–water partition coefficient (Wildman–Crippen LogP) is 4.30. The van der Waals surface area contributed by atoms with Crippen LogP contribution in [-0.4, -0.2) is 11.8 Å². The Morgan fingerprint density at radius 1 is 1.07 bits per heavy atom. The maximum Gasteiger partial charge on any atom is 0.228 e. The van der Waals surface area contributed by atoms with E-state index in [1.165, 1.54) is 12.1 Å². The summed E-state index contributed by atoms with van der Waals surface area (Å²) in [6.07, 6.45) is 4.53. The Bertz CT molecular complexity index is 844. The molecule has 2 amide bonds. The highest BCUT2D eigenvalue weighted by Gasteiger charge is 2.34. The van der Waals surface area contributed by atoms with Crippen LogP contribution in [0.4, 0.5) is 10.1 Å². The van der Waals surface area contributed by atoms with E-state index in [2.05, 4.69) is 10.6 Å². The average molecular weight is 366 g/mol. The number of fused-ring (bicyclic) bond motifs is 1. The molecule has 0 saturated heterocycles. The van der Waals surface area contributed by atoms with Crippen molar-refractivity contribution in [1.29, 1.82) is 0 Å². The van der Waals surface area contributed by atoms with Crippen LogP contribution in [0.2, 0.25) is 0 Å². The largest absolute Gasteiger partial charge is 0.348 e. The molecule has 140 valence electrons. The topological polar surface area (TPSA) is 58.2 Å². The van der Waals surface area contributed by atoms with Crippen LogP contribution < -0.4 is 10.6 Å². The molecule has 0 unspecified atom stereocenters. The number of rotatable bonds is 4. The van der Waals surface area contributed by atoms with Gasteiger partial charge in [0.2, 0.25) is 11.8 Å². The average Bonchev–Trinajstić information content (AvgIpc) is 3.20. The molecule has 2 aromatic carbocycles. The second-order valence-corrected chi connectivity index (χ2v) is 7.47. The molecule has 0 radical (unpaired) electrons. The van der Waals surface area contributed by atoms with Gasteiger partial charge in [-0.25, -0.2) is 4.39 Å². The first-order valence-electron chi connectivity index (χ1n) is 9.56. The summed E-state index contributed by atoms with van der Waals surface area (Å²) in [5.74, 6) is -0.730. The maximum atomic E-state index is 13.4. The van der Waals surface area contributed by atoms with Crippen LogP contribution in [0.5, 0.6) is 0 Å². The van der Waals surface area contributed by atoms with Crippen molar-refractivity contribution in [2.75, 3.05) is 5.32 Å². The monoisotopic (exact) mass is 366 g/mol. The number of nitrogens with one attached hydrogen (secondary N) is 2. The van der Waals surface area contributed by atoms with Gasteiger partial charge in [-0.3, -0.25) is 9.59 Å². The number of hydrogen-bond acceptors (Lipinski definition) is 2. The normalized spacial score (nSPS) is 20.6. The minimum Gasteiger partial charge on any atom is -0.348 e. The van der Waals surface area contributed by atoms with Crippen LogP contribution in [0.1, 0.15) is 55.2 Å². The van der Waals surface area contributed by atoms with Crippen molar-refractivity contribution < 1.29 is 14.0 Å². The number of amides is 2. The maximum absolute atomic E-state index is 13.4. The number of carbonyl (C=O) groups excluding carboxylic acids is 2. The molecule has 1 fully saturated rings. The van der Waals surface area contributed by atoms with Gasteiger partial charge >= 0.3 is 0 Å². The third-order valence-electron chi connectivity index (χ3n) is 5.71. The molecule has 5 heteroatoms. The number of anilines is 1. The van der Waals surface area contributed by atoms with E-state index in [1.807, 2.05) is 24.3 Å². The second-order valence-electron chi connectivity index (χ2n) is 7.47. The number of carbonyl (C=O) groups is 2. The minimum atomic E-state index is -0.501. The van der Waals surface area contributed by atoms with E-state index in [0.717, 1.165) is 36.8 Å². The summed E-state index contributed by atoms with van der Waals surface area (Å²) in [5.41, 5.74) is 2.47. The lowest BCUT2D eigenvalue weighted by molar-refractivity contribution is -0.127. The smallest absolute Gasteiger partial charge is 0.228 e. The van der Waals surface area contributed by atoms with Crippen LogP contribution in [0.15, 0.2) is 48.5 Å². The predicted molar refractivity (Wildman–Crippen MR) is 102 cm³/mol. The zero-order valence-corrected chi connectivity index (χ0v) is 15.1. The van der Waals surface area contributed by atoms with Crippen molar-refractivity contribution in [3.63, 3.8) is 0 Å². The van der Waals surface area contributed by atoms with E-state index < -0.39 is 5.92 Å². The van der Waals surface area contributed by atoms with E-state index in [-0.39, 0.29) is 30.1 Å². The first-order chi connectivity index (χ1) is 13.1. The minimum absolute atomic E-state index is 0.140. The zero-order valence-electron chi connectivity index (χ0n) is 15.1. The van der Waals surface area contributed by atoms with E-state index in [1.54, 1.807) is 12.1 Å². The lowest BCUT2D eigenvalue weighted by atomic mass is 9.87. The van der Waals surface area contributed by atoms with Gasteiger partial charge in [-0.15, -0.1) is 0 Å². The van der Waals surface area contributed by atoms with Gasteiger partial charge in [-0.2, -0.15) is 0 Å². The Morgan fingerprint density at radius 3 is 2.52 bits per heavy atom. The molecule has 1 heterocycles. The molecule has 2 aromatic rings. The van der Waals surface area contributed by atoms with E-state index in [9.17, 15) is 14.0 Å². The van der Waals surface area contributed by atoms with Crippen molar-refractivity contribution in [2.24, 2.45) is 5.92 Å². The first-order valence-corrected chi connectivity index (χ1v) is 9.56. The Balaban J connectivity index is 1.60. The standard InChI is InChI=1S/C22H23FN2O2/c23-16-11-9-15(10-12-16)21(14-5-1-2-6-14)25-22(27)18-13-20(26)24-19-8-4-3-7-17(18)19/h3-4,7-12,14,18,21H,1-2,5-6,13H2,(H,24,26)(H,25,27)/t18-,21-/m1/s1. The number of halogens is 1. The number of hydrogen-bond donors (Lipinski definition) is 2. The number of para-hydroxylation sites is 1. The van der Waals surface area contributed by atoms with Gasteiger partial charge in [0, 0.05) is 12.1 Å². The van der Waals surface area contributed by atoms with Crippen LogP contribution in [0.25, 0.3) is 0 Å². The van der Waals surface area contributed by atoms with Crippen molar-refractivity contribution >= 4 is 17.5 Å². The molecule has 27 heavy (non-hydrogen) atoms. The van der Waals surface area contributed by atoms with Gasteiger partial charge in [-0.05, 0) is 48.1 Å². The highest BCUT2D eigenvalue weighted by molar-refractivity contribution is 6.01. The third-order valence-corrected chi connectivity index (χ3v) is 5.71. The van der Waals surface area contributed by atoms with Crippen LogP contribution in [0.3, 0.4) is 0 Å². The SMILES string of the molecule is O=C1C[C@@H](C(=O)N[C@@H](c2ccc(F)cc2)C2CCCC2)c2ccccc2N1. The summed E-state index contributed by atoms with van der Waals surface area (Å²) < 4.78 is 13.4. The van der Waals surface area contributed by atoms with Gasteiger partial charge in [0.25, 0.3) is 0 Å². The Hall–Kier alpha value is -2.69. The lowest BCUT2D eigenvalue weighted by Gasteiger charge is -2.30. The number of benzene rings is 2. The molecule has 0 bridgehead atoms. The fraction of sp³-hybridized carbons (Fsp3) is 0.364. The Morgan fingerprint density at radius 2 is 1.78 bits per heavy atom. The molecule has 1 saturated carbocycles. The zero-order chi connectivity index (χ0) is 18.8. The molecular formula is C22H23FN2O2. The van der Waals surface area contributed by atoms with Crippen molar-refractivity contribution in [3.05, 3.63) is 65.5 Å². The quantitative estimate of drug-likeness (QED) is 0.848. The second kappa shape index (κ2) is 7.51. The van der Waals surface area contributed by atoms with Crippen molar-refractivity contribution in [1.82, 2.24) is 5.32 Å². The Labute approximate surface area is 158 Å². The van der Waals surface area contributed by atoms with Gasteiger partial charge in [-0.1, -0.05) is 43.2 Å². The van der Waals surface area contributed by atoms with Crippen LogP contribution >= 0.6 is 0 Å². The molecule has 4 nitrogen and oxygen atoms in total. The van der Waals surface area contributed by atoms with Gasteiger partial charge < -0.3 is 10.6 Å². The highest BCUT2D eigenvalue weighted by Crippen LogP contribution is 2.38. The third kappa shape index (κ3) is 3.72. The van der Waals surface area contributed by atoms with Crippen molar-refractivity contribution in [3.8, 4) is 0 Å². The molecule has 4 rings (SSSR count). The molecular weight excluding hydrogens is 343 g/mol. The fourth-order valence-corrected chi connectivity index (χ4v) is 4.33. The molecule has 0 spiro atoms. The summed E-state index contributed by atoms with van der Waals surface area (Å²) in [4.78, 5) is 25.2. The van der Waals surface area contributed by atoms with E-state index in [4.69, 9.17) is 0 Å². The van der Waals surface area contributed by atoms with Crippen LogP contribution in [-0.2, 0) is 9.59 Å². The van der Waals surface area contributed by atoms with Gasteiger partial charge in [0.05, 0.1) is 12.0 Å². The lowest BCUT2D eigenvalue weighted by Crippen LogP contribution is -2.39. The fourth-order valence-electron chi connectivity index (χ4n) is 4.33. The van der Waals surface area contributed by atoms with Crippen LogP contribution in [0, 0.1) is 11.7 Å². The van der Waals surface area contributed by atoms with E-state index >= 15 is 0 Å². The summed E-state index contributed by atoms with van der Waals surface area (Å²) in [6.45, 7) is 0. The summed E-state index contributed by atoms with van der Waals surface area (Å²) >= 11 is 0. The molecule has 2 aliphatic rings. The van der Waals surface area contributed by atoms with E-state index in [0.29, 0.717) is 11.6 Å². The van der Waals surface area contributed by atoms with Crippen molar-refractivity contribution in [2.45, 2.75) is 44.1 Å². The highest BCUT2D eigenvalue weighted by atomic mass is 19.1.